The van der Waals surface area contributed by atoms with Crippen molar-refractivity contribution in [3.63, 3.8) is 0 Å². The second kappa shape index (κ2) is 7.39. The molecule has 1 heterocycles. The van der Waals surface area contributed by atoms with Crippen LogP contribution < -0.4 is 5.73 Å². The average Bonchev–Trinajstić information content (AvgIpc) is 2.55. The highest BCUT2D eigenvalue weighted by atomic mass is 32.2. The van der Waals surface area contributed by atoms with Crippen molar-refractivity contribution >= 4 is 19.9 Å². The predicted molar refractivity (Wildman–Crippen MR) is 90.4 cm³/mol. The summed E-state index contributed by atoms with van der Waals surface area (Å²) >= 11 is 0. The number of hydrogen-bond acceptors (Lipinski definition) is 6. The minimum atomic E-state index is -3.83. The van der Waals surface area contributed by atoms with Gasteiger partial charge in [-0.2, -0.15) is 4.31 Å². The van der Waals surface area contributed by atoms with Crippen molar-refractivity contribution in [1.29, 1.82) is 0 Å². The molecular formula is C15H19N3O4S2. The van der Waals surface area contributed by atoms with Crippen LogP contribution >= 0.6 is 0 Å². The smallest absolute Gasteiger partial charge is 0.244 e. The number of hydrogen-bond donors (Lipinski definition) is 1. The molecule has 0 bridgehead atoms. The maximum atomic E-state index is 12.8. The molecule has 0 fully saturated rings. The lowest BCUT2D eigenvalue weighted by atomic mass is 10.2. The third-order valence-corrected chi connectivity index (χ3v) is 6.14. The summed E-state index contributed by atoms with van der Waals surface area (Å²) in [4.78, 5) is 3.67. The highest BCUT2D eigenvalue weighted by Gasteiger charge is 2.25. The van der Waals surface area contributed by atoms with Crippen LogP contribution in [0.2, 0.25) is 0 Å². The first-order valence-electron chi connectivity index (χ1n) is 7.15. The summed E-state index contributed by atoms with van der Waals surface area (Å²) in [5.41, 5.74) is 6.37. The Morgan fingerprint density at radius 3 is 2.21 bits per heavy atom. The summed E-state index contributed by atoms with van der Waals surface area (Å²) in [6.45, 7) is 0.486. The minimum Gasteiger partial charge on any atom is -0.329 e. The van der Waals surface area contributed by atoms with Crippen LogP contribution in [-0.4, -0.2) is 45.5 Å². The van der Waals surface area contributed by atoms with Crippen LogP contribution in [0.3, 0.4) is 0 Å². The van der Waals surface area contributed by atoms with Gasteiger partial charge in [-0.25, -0.2) is 21.8 Å². The number of aromatic nitrogens is 1. The summed E-state index contributed by atoms with van der Waals surface area (Å²) in [7, 11) is -7.31. The van der Waals surface area contributed by atoms with Gasteiger partial charge in [0.25, 0.3) is 0 Å². The van der Waals surface area contributed by atoms with Crippen LogP contribution in [-0.2, 0) is 26.4 Å². The van der Waals surface area contributed by atoms with Gasteiger partial charge in [-0.1, -0.05) is 30.3 Å². The van der Waals surface area contributed by atoms with E-state index in [0.29, 0.717) is 0 Å². The number of sulfonamides is 1. The zero-order chi connectivity index (χ0) is 17.8. The number of nitrogens with two attached hydrogens (primary N) is 1. The second-order valence-corrected chi connectivity index (χ2v) is 9.12. The summed E-state index contributed by atoms with van der Waals surface area (Å²) < 4.78 is 49.7. The van der Waals surface area contributed by atoms with E-state index in [0.717, 1.165) is 18.0 Å². The van der Waals surface area contributed by atoms with Gasteiger partial charge in [0.05, 0.1) is 0 Å². The molecule has 7 nitrogen and oxygen atoms in total. The SMILES string of the molecule is CS(=O)(=O)c1ccc(S(=O)(=O)N(CCN)Cc2ccccc2)cn1. The Labute approximate surface area is 142 Å². The molecule has 9 heteroatoms. The third-order valence-electron chi connectivity index (χ3n) is 3.31. The summed E-state index contributed by atoms with van der Waals surface area (Å²) in [5, 5.41) is -0.171. The monoisotopic (exact) mass is 369 g/mol. The van der Waals surface area contributed by atoms with Gasteiger partial charge in [-0.15, -0.1) is 0 Å². The molecule has 0 aliphatic rings. The van der Waals surface area contributed by atoms with Gasteiger partial charge in [-0.3, -0.25) is 0 Å². The van der Waals surface area contributed by atoms with Crippen LogP contribution in [0.5, 0.6) is 0 Å². The molecule has 2 rings (SSSR count). The van der Waals surface area contributed by atoms with Gasteiger partial charge in [0, 0.05) is 32.1 Å². The van der Waals surface area contributed by atoms with Crippen LogP contribution in [0.25, 0.3) is 0 Å². The fraction of sp³-hybridized carbons (Fsp3) is 0.267. The number of pyridine rings is 1. The largest absolute Gasteiger partial charge is 0.329 e. The Morgan fingerprint density at radius 1 is 1.04 bits per heavy atom. The van der Waals surface area contributed by atoms with Gasteiger partial charge < -0.3 is 5.73 Å². The molecule has 1 aromatic heterocycles. The zero-order valence-electron chi connectivity index (χ0n) is 13.2. The first kappa shape index (κ1) is 18.5. The van der Waals surface area contributed by atoms with Gasteiger partial charge >= 0.3 is 0 Å². The molecule has 0 spiro atoms. The number of rotatable bonds is 7. The molecule has 0 unspecified atom stereocenters. The Bertz CT molecular complexity index is 880. The van der Waals surface area contributed by atoms with E-state index < -0.39 is 19.9 Å². The lowest BCUT2D eigenvalue weighted by Gasteiger charge is -2.21. The Hall–Kier alpha value is -1.81. The van der Waals surface area contributed by atoms with Crippen LogP contribution in [0.1, 0.15) is 5.56 Å². The molecular weight excluding hydrogens is 350 g/mol. The fourth-order valence-electron chi connectivity index (χ4n) is 2.10. The molecule has 24 heavy (non-hydrogen) atoms. The van der Waals surface area contributed by atoms with Crippen molar-refractivity contribution in [3.05, 3.63) is 54.2 Å². The molecule has 2 aromatic rings. The minimum absolute atomic E-state index is 0.0701. The molecule has 0 atom stereocenters. The highest BCUT2D eigenvalue weighted by Crippen LogP contribution is 2.18. The Morgan fingerprint density at radius 2 is 1.71 bits per heavy atom. The van der Waals surface area contributed by atoms with Crippen molar-refractivity contribution in [1.82, 2.24) is 9.29 Å². The quantitative estimate of drug-likeness (QED) is 0.767. The van der Waals surface area contributed by atoms with Crippen molar-refractivity contribution in [3.8, 4) is 0 Å². The summed E-state index contributed by atoms with van der Waals surface area (Å²) in [5.74, 6) is 0. The van der Waals surface area contributed by atoms with Gasteiger partial charge in [-0.05, 0) is 17.7 Å². The molecule has 1 aromatic carbocycles. The van der Waals surface area contributed by atoms with E-state index in [1.807, 2.05) is 30.3 Å². The summed E-state index contributed by atoms with van der Waals surface area (Å²) in [6.07, 6.45) is 2.07. The van der Waals surface area contributed by atoms with E-state index in [1.165, 1.54) is 16.4 Å². The summed E-state index contributed by atoms with van der Waals surface area (Å²) in [6, 6.07) is 11.6. The molecule has 0 saturated heterocycles. The van der Waals surface area contributed by atoms with Crippen molar-refractivity contribution in [2.75, 3.05) is 19.3 Å². The standard InChI is InChI=1S/C15H19N3O4S2/c1-23(19,20)15-8-7-14(11-17-15)24(21,22)18(10-9-16)12-13-5-3-2-4-6-13/h2-8,11H,9-10,12,16H2,1H3. The van der Waals surface area contributed by atoms with Crippen molar-refractivity contribution < 1.29 is 16.8 Å². The van der Waals surface area contributed by atoms with E-state index in [9.17, 15) is 16.8 Å². The molecule has 0 aliphatic heterocycles. The van der Waals surface area contributed by atoms with Crippen molar-refractivity contribution in [2.45, 2.75) is 16.5 Å². The van der Waals surface area contributed by atoms with Gasteiger partial charge in [0.1, 0.15) is 4.90 Å². The molecule has 0 amide bonds. The van der Waals surface area contributed by atoms with Crippen LogP contribution in [0.4, 0.5) is 0 Å². The lowest BCUT2D eigenvalue weighted by molar-refractivity contribution is 0.413. The van der Waals surface area contributed by atoms with Crippen LogP contribution in [0.15, 0.2) is 58.6 Å². The van der Waals surface area contributed by atoms with Crippen molar-refractivity contribution in [2.24, 2.45) is 5.73 Å². The molecule has 0 saturated carbocycles. The Kier molecular flexibility index (Phi) is 5.70. The molecule has 0 radical (unpaired) electrons. The molecule has 130 valence electrons. The molecule has 0 aliphatic carbocycles. The zero-order valence-corrected chi connectivity index (χ0v) is 14.8. The van der Waals surface area contributed by atoms with E-state index in [1.54, 1.807) is 0 Å². The first-order valence-corrected chi connectivity index (χ1v) is 10.5. The topological polar surface area (TPSA) is 110 Å². The Balaban J connectivity index is 2.34. The molecule has 2 N–H and O–H groups in total. The first-order chi connectivity index (χ1) is 11.2. The normalized spacial score (nSPS) is 12.5. The van der Waals surface area contributed by atoms with E-state index in [4.69, 9.17) is 5.73 Å². The van der Waals surface area contributed by atoms with E-state index >= 15 is 0 Å². The maximum Gasteiger partial charge on any atom is 0.244 e. The van der Waals surface area contributed by atoms with Gasteiger partial charge in [0.2, 0.25) is 10.0 Å². The fourth-order valence-corrected chi connectivity index (χ4v) is 4.05. The highest BCUT2D eigenvalue weighted by molar-refractivity contribution is 7.90. The third kappa shape index (κ3) is 4.38. The maximum absolute atomic E-state index is 12.8. The van der Waals surface area contributed by atoms with E-state index in [-0.39, 0.29) is 29.6 Å². The van der Waals surface area contributed by atoms with E-state index in [2.05, 4.69) is 4.98 Å². The number of sulfone groups is 1. The predicted octanol–water partition coefficient (Wildman–Crippen LogP) is 0.635. The number of benzene rings is 1. The second-order valence-electron chi connectivity index (χ2n) is 5.22. The van der Waals surface area contributed by atoms with Crippen LogP contribution in [0, 0.1) is 0 Å². The van der Waals surface area contributed by atoms with Gasteiger partial charge in [0.15, 0.2) is 14.9 Å². The number of nitrogens with zero attached hydrogens (tertiary/aromatic N) is 2. The average molecular weight is 369 g/mol. The lowest BCUT2D eigenvalue weighted by Crippen LogP contribution is -2.35.